The average molecular weight is 1040 g/mol. The van der Waals surface area contributed by atoms with Gasteiger partial charge in [0.1, 0.15) is 18.0 Å². The number of hydrogen-bond donors (Lipinski definition) is 1. The van der Waals surface area contributed by atoms with Crippen molar-refractivity contribution in [1.29, 1.82) is 0 Å². The lowest BCUT2D eigenvalue weighted by Crippen LogP contribution is -2.66. The van der Waals surface area contributed by atoms with Gasteiger partial charge in [-0.05, 0) is 153 Å². The van der Waals surface area contributed by atoms with Crippen LogP contribution in [0.1, 0.15) is 138 Å². The molecular formula is C51H59Br3O8. The fourth-order valence-corrected chi connectivity index (χ4v) is 13.3. The molecule has 0 radical (unpaired) electrons. The van der Waals surface area contributed by atoms with Gasteiger partial charge in [0.05, 0.1) is 22.3 Å². The number of carbonyl (C=O) groups excluding carboxylic acids is 4. The SMILES string of the molecule is C[C@H](C[C@H](OC(=O)c1ccc(Br)cc1)[C@@H](OC(=O)c1ccc(Br)cc1)C(C)(C)O)C1=C2C[C@H](OC(=O)c3ccc(Br)cc3)[C@H]3[C@@]4(C)CCC(=O)C(C)(C)[C@@H]4CC[C@]3(C)[C@@]2(C)CC1. The van der Waals surface area contributed by atoms with Crippen LogP contribution in [0.4, 0.5) is 0 Å². The van der Waals surface area contributed by atoms with Crippen molar-refractivity contribution in [2.45, 2.75) is 131 Å². The molecule has 332 valence electrons. The molecule has 0 unspecified atom stereocenters. The van der Waals surface area contributed by atoms with Crippen LogP contribution in [-0.2, 0) is 19.0 Å². The summed E-state index contributed by atoms with van der Waals surface area (Å²) < 4.78 is 21.7. The Balaban J connectivity index is 1.28. The van der Waals surface area contributed by atoms with Gasteiger partial charge in [0.15, 0.2) is 6.10 Å². The predicted octanol–water partition coefficient (Wildman–Crippen LogP) is 12.7. The zero-order valence-electron chi connectivity index (χ0n) is 37.0. The van der Waals surface area contributed by atoms with Crippen LogP contribution in [0, 0.1) is 39.4 Å². The van der Waals surface area contributed by atoms with E-state index in [-0.39, 0.29) is 46.4 Å². The van der Waals surface area contributed by atoms with E-state index in [2.05, 4.69) is 89.3 Å². The van der Waals surface area contributed by atoms with E-state index < -0.39 is 41.3 Å². The van der Waals surface area contributed by atoms with Gasteiger partial charge in [-0.25, -0.2) is 14.4 Å². The smallest absolute Gasteiger partial charge is 0.338 e. The molecule has 4 aliphatic rings. The van der Waals surface area contributed by atoms with Crippen molar-refractivity contribution in [2.24, 2.45) is 39.4 Å². The molecule has 0 aromatic heterocycles. The number of fused-ring (bicyclic) bond motifs is 5. The molecule has 4 aliphatic carbocycles. The number of allylic oxidation sites excluding steroid dienone is 1. The molecule has 8 nitrogen and oxygen atoms in total. The number of rotatable bonds is 11. The van der Waals surface area contributed by atoms with Crippen LogP contribution < -0.4 is 0 Å². The van der Waals surface area contributed by atoms with E-state index in [0.717, 1.165) is 45.5 Å². The molecule has 9 atom stereocenters. The van der Waals surface area contributed by atoms with Gasteiger partial charge in [0, 0.05) is 37.6 Å². The molecule has 0 amide bonds. The maximum atomic E-state index is 14.2. The van der Waals surface area contributed by atoms with Crippen LogP contribution in [-0.4, -0.2) is 52.7 Å². The highest BCUT2D eigenvalue weighted by Crippen LogP contribution is 2.74. The number of hydrogen-bond acceptors (Lipinski definition) is 8. The molecule has 0 aliphatic heterocycles. The standard InChI is InChI=1S/C51H59Br3O8/c1-29(27-39(61-45(57)31-11-17-34(53)18-12-31)43(48(4,5)59)62-46(58)32-13-19-35(54)20-14-32)36-21-25-50(7)37(36)28-38(60-44(56)30-9-15-33(52)16-10-30)42-49(6)24-23-41(55)47(2,3)40(49)22-26-51(42,50)8/h9-20,29,38-40,42-43,59H,21-28H2,1-8H3/t29-,38+,39+,40+,42+,43-,49+,50+,51+/m1/s1. The quantitative estimate of drug-likeness (QED) is 0.115. The van der Waals surface area contributed by atoms with Crippen molar-refractivity contribution in [2.75, 3.05) is 0 Å². The molecule has 0 spiro atoms. The number of ether oxygens (including phenoxy) is 3. The molecule has 0 heterocycles. The van der Waals surface area contributed by atoms with Gasteiger partial charge < -0.3 is 19.3 Å². The number of esters is 3. The van der Waals surface area contributed by atoms with Crippen LogP contribution in [0.25, 0.3) is 0 Å². The van der Waals surface area contributed by atoms with Crippen molar-refractivity contribution < 1.29 is 38.5 Å². The Hall–Kier alpha value is -3.12. The van der Waals surface area contributed by atoms with Crippen molar-refractivity contribution in [3.63, 3.8) is 0 Å². The summed E-state index contributed by atoms with van der Waals surface area (Å²) in [5.41, 5.74) is 0.771. The topological polar surface area (TPSA) is 116 Å². The normalized spacial score (nSPS) is 29.4. The third-order valence-corrected chi connectivity index (χ3v) is 17.4. The van der Waals surface area contributed by atoms with E-state index >= 15 is 0 Å². The van der Waals surface area contributed by atoms with Gasteiger partial charge in [0.2, 0.25) is 0 Å². The number of aliphatic hydroxyl groups is 1. The van der Waals surface area contributed by atoms with E-state index in [0.29, 0.717) is 35.3 Å². The highest BCUT2D eigenvalue weighted by molar-refractivity contribution is 9.11. The summed E-state index contributed by atoms with van der Waals surface area (Å²) in [7, 11) is 0. The summed E-state index contributed by atoms with van der Waals surface area (Å²) in [6, 6.07) is 20.9. The first-order valence-electron chi connectivity index (χ1n) is 21.9. The number of carbonyl (C=O) groups is 4. The van der Waals surface area contributed by atoms with E-state index in [1.165, 1.54) is 11.1 Å². The molecule has 3 saturated carbocycles. The molecule has 11 heteroatoms. The van der Waals surface area contributed by atoms with Gasteiger partial charge in [-0.1, -0.05) is 100 Å². The monoisotopic (exact) mass is 1040 g/mol. The lowest BCUT2D eigenvalue weighted by atomic mass is 9.36. The van der Waals surface area contributed by atoms with Gasteiger partial charge in [-0.15, -0.1) is 0 Å². The van der Waals surface area contributed by atoms with E-state index in [1.54, 1.807) is 74.5 Å². The second kappa shape index (κ2) is 17.4. The number of halogens is 3. The summed E-state index contributed by atoms with van der Waals surface area (Å²) in [4.78, 5) is 55.3. The second-order valence-electron chi connectivity index (χ2n) is 20.2. The Labute approximate surface area is 391 Å². The maximum absolute atomic E-state index is 14.2. The molecule has 3 aromatic rings. The summed E-state index contributed by atoms with van der Waals surface area (Å²) in [5.74, 6) is -1.31. The van der Waals surface area contributed by atoms with Gasteiger partial charge in [-0.2, -0.15) is 0 Å². The lowest BCUT2D eigenvalue weighted by molar-refractivity contribution is -0.208. The Bertz CT molecular complexity index is 2240. The molecule has 0 saturated heterocycles. The fourth-order valence-electron chi connectivity index (χ4n) is 12.5. The number of ketones is 1. The molecule has 0 bridgehead atoms. The minimum absolute atomic E-state index is 0.00105. The Kier molecular flexibility index (Phi) is 13.1. The minimum atomic E-state index is -1.60. The first-order valence-corrected chi connectivity index (χ1v) is 24.3. The molecule has 3 fully saturated rings. The molecule has 1 N–H and O–H groups in total. The van der Waals surface area contributed by atoms with Crippen molar-refractivity contribution in [3.8, 4) is 0 Å². The van der Waals surface area contributed by atoms with E-state index in [1.807, 2.05) is 12.1 Å². The van der Waals surface area contributed by atoms with Gasteiger partial charge >= 0.3 is 17.9 Å². The summed E-state index contributed by atoms with van der Waals surface area (Å²) in [6.07, 6.45) is 2.88. The second-order valence-corrected chi connectivity index (χ2v) is 22.9. The van der Waals surface area contributed by atoms with E-state index in [9.17, 15) is 24.3 Å². The van der Waals surface area contributed by atoms with Crippen LogP contribution in [0.3, 0.4) is 0 Å². The molecule has 62 heavy (non-hydrogen) atoms. The third-order valence-electron chi connectivity index (χ3n) is 15.8. The van der Waals surface area contributed by atoms with Crippen LogP contribution in [0.15, 0.2) is 97.4 Å². The Morgan fingerprint density at radius 3 is 1.76 bits per heavy atom. The first kappa shape index (κ1) is 46.9. The average Bonchev–Trinajstić information content (AvgIpc) is 3.56. The number of Topliss-reactive ketones (excluding diaryl/α,β-unsaturated/α-hetero) is 1. The van der Waals surface area contributed by atoms with Gasteiger partial charge in [0.25, 0.3) is 0 Å². The minimum Gasteiger partial charge on any atom is -0.458 e. The highest BCUT2D eigenvalue weighted by atomic mass is 79.9. The highest BCUT2D eigenvalue weighted by Gasteiger charge is 2.70. The maximum Gasteiger partial charge on any atom is 0.338 e. The zero-order valence-corrected chi connectivity index (χ0v) is 41.7. The lowest BCUT2D eigenvalue weighted by Gasteiger charge is -2.69. The first-order chi connectivity index (χ1) is 29.0. The van der Waals surface area contributed by atoms with Crippen molar-refractivity contribution in [1.82, 2.24) is 0 Å². The Morgan fingerprint density at radius 1 is 0.742 bits per heavy atom. The van der Waals surface area contributed by atoms with Crippen LogP contribution >= 0.6 is 47.8 Å². The molecule has 3 aromatic carbocycles. The van der Waals surface area contributed by atoms with Crippen molar-refractivity contribution in [3.05, 3.63) is 114 Å². The zero-order chi connectivity index (χ0) is 45.2. The molecular weight excluding hydrogens is 980 g/mol. The summed E-state index contributed by atoms with van der Waals surface area (Å²) >= 11 is 10.4. The van der Waals surface area contributed by atoms with Gasteiger partial charge in [-0.3, -0.25) is 4.79 Å². The van der Waals surface area contributed by atoms with Crippen LogP contribution in [0.5, 0.6) is 0 Å². The van der Waals surface area contributed by atoms with Crippen LogP contribution in [0.2, 0.25) is 0 Å². The van der Waals surface area contributed by atoms with E-state index in [4.69, 9.17) is 14.2 Å². The fraction of sp³-hybridized carbons (Fsp3) is 0.529. The number of benzene rings is 3. The Morgan fingerprint density at radius 2 is 1.24 bits per heavy atom. The largest absolute Gasteiger partial charge is 0.458 e. The summed E-state index contributed by atoms with van der Waals surface area (Å²) in [6.45, 7) is 16.7. The van der Waals surface area contributed by atoms with Crippen molar-refractivity contribution >= 4 is 71.5 Å². The third kappa shape index (κ3) is 8.58. The predicted molar refractivity (Wildman–Crippen MR) is 250 cm³/mol. The molecule has 7 rings (SSSR count). The summed E-state index contributed by atoms with van der Waals surface area (Å²) in [5, 5.41) is 11.7.